The molecule has 0 amide bonds. The lowest BCUT2D eigenvalue weighted by Gasteiger charge is -2.41. The molecule has 2 aliphatic rings. The van der Waals surface area contributed by atoms with E-state index in [-0.39, 0.29) is 11.4 Å². The highest BCUT2D eigenvalue weighted by atomic mass is 19.1. The molecule has 0 aromatic rings. The third-order valence-corrected chi connectivity index (χ3v) is 4.55. The molecule has 1 fully saturated rings. The van der Waals surface area contributed by atoms with E-state index in [1.807, 2.05) is 6.08 Å². The molecular weight excluding hydrogens is 225 g/mol. The second-order valence-electron chi connectivity index (χ2n) is 6.66. The summed E-state index contributed by atoms with van der Waals surface area (Å²) in [4.78, 5) is 0. The third kappa shape index (κ3) is 2.85. The van der Waals surface area contributed by atoms with Crippen LogP contribution in [0.4, 0.5) is 4.39 Å². The summed E-state index contributed by atoms with van der Waals surface area (Å²) in [6, 6.07) is 0.420. The van der Waals surface area contributed by atoms with E-state index in [0.717, 1.165) is 18.4 Å². The number of rotatable bonds is 2. The van der Waals surface area contributed by atoms with E-state index in [2.05, 4.69) is 33.0 Å². The topological polar surface area (TPSA) is 12.0 Å². The van der Waals surface area contributed by atoms with Crippen molar-refractivity contribution in [1.82, 2.24) is 5.32 Å². The molecule has 1 aliphatic heterocycles. The van der Waals surface area contributed by atoms with Gasteiger partial charge in [0.2, 0.25) is 0 Å². The molecule has 1 N–H and O–H groups in total. The lowest BCUT2D eigenvalue weighted by Crippen LogP contribution is -2.52. The molecule has 1 unspecified atom stereocenters. The predicted octanol–water partition coefficient (Wildman–Crippen LogP) is 4.36. The van der Waals surface area contributed by atoms with Gasteiger partial charge in [0.1, 0.15) is 5.83 Å². The molecule has 102 valence electrons. The monoisotopic (exact) mass is 251 g/mol. The van der Waals surface area contributed by atoms with Gasteiger partial charge in [-0.1, -0.05) is 26.3 Å². The highest BCUT2D eigenvalue weighted by Crippen LogP contribution is 2.36. The van der Waals surface area contributed by atoms with Gasteiger partial charge in [0, 0.05) is 11.6 Å². The van der Waals surface area contributed by atoms with E-state index in [1.54, 1.807) is 6.08 Å². The maximum Gasteiger partial charge on any atom is 0.122 e. The molecule has 0 saturated carbocycles. The van der Waals surface area contributed by atoms with Crippen molar-refractivity contribution in [2.75, 3.05) is 0 Å². The first-order valence-corrected chi connectivity index (χ1v) is 7.24. The molecule has 1 nitrogen and oxygen atoms in total. The first-order chi connectivity index (χ1) is 8.41. The van der Waals surface area contributed by atoms with Crippen LogP contribution in [-0.4, -0.2) is 11.6 Å². The van der Waals surface area contributed by atoms with E-state index in [0.29, 0.717) is 17.9 Å². The van der Waals surface area contributed by atoms with Crippen LogP contribution >= 0.6 is 0 Å². The second kappa shape index (κ2) is 5.16. The molecule has 0 aromatic heterocycles. The van der Waals surface area contributed by atoms with Crippen LogP contribution in [0.3, 0.4) is 0 Å². The Morgan fingerprint density at radius 2 is 2.17 bits per heavy atom. The normalized spacial score (nSPS) is 33.6. The molecule has 1 saturated heterocycles. The molecule has 2 rings (SSSR count). The Labute approximate surface area is 111 Å². The largest absolute Gasteiger partial charge is 0.308 e. The van der Waals surface area contributed by atoms with Crippen LogP contribution in [0.15, 0.2) is 23.6 Å². The highest BCUT2D eigenvalue weighted by Gasteiger charge is 2.33. The van der Waals surface area contributed by atoms with Crippen molar-refractivity contribution in [2.24, 2.45) is 11.8 Å². The third-order valence-electron chi connectivity index (χ3n) is 4.55. The van der Waals surface area contributed by atoms with Crippen LogP contribution in [0.1, 0.15) is 53.4 Å². The second-order valence-corrected chi connectivity index (χ2v) is 6.66. The molecule has 0 spiro atoms. The number of hydrogen-bond donors (Lipinski definition) is 1. The van der Waals surface area contributed by atoms with Crippen LogP contribution in [0.5, 0.6) is 0 Å². The smallest absolute Gasteiger partial charge is 0.122 e. The van der Waals surface area contributed by atoms with Crippen LogP contribution in [0, 0.1) is 11.8 Å². The average Bonchev–Trinajstić information content (AvgIpc) is 2.27. The fraction of sp³-hybridized carbons (Fsp3) is 0.750. The van der Waals surface area contributed by atoms with Gasteiger partial charge in [-0.25, -0.2) is 4.39 Å². The standard InChI is InChI=1S/C16H26FN/c1-11-7-5-8-13(17)15(11)12(2)14-9-6-10-16(3,4)18-14/h5,8,11-12,14,18H,6-7,9-10H2,1-4H3/t11?,12-,14-/m0/s1. The summed E-state index contributed by atoms with van der Waals surface area (Å²) in [7, 11) is 0. The first-order valence-electron chi connectivity index (χ1n) is 7.24. The average molecular weight is 251 g/mol. The summed E-state index contributed by atoms with van der Waals surface area (Å²) in [6.45, 7) is 8.83. The van der Waals surface area contributed by atoms with E-state index in [4.69, 9.17) is 0 Å². The minimum atomic E-state index is 0.00595. The zero-order valence-electron chi connectivity index (χ0n) is 12.1. The molecule has 1 heterocycles. The summed E-state index contributed by atoms with van der Waals surface area (Å²) >= 11 is 0. The fourth-order valence-corrected chi connectivity index (χ4v) is 3.50. The van der Waals surface area contributed by atoms with E-state index < -0.39 is 0 Å². The quantitative estimate of drug-likeness (QED) is 0.768. The molecule has 0 bridgehead atoms. The van der Waals surface area contributed by atoms with E-state index in [9.17, 15) is 4.39 Å². The molecule has 18 heavy (non-hydrogen) atoms. The lowest BCUT2D eigenvalue weighted by atomic mass is 9.76. The van der Waals surface area contributed by atoms with Crippen molar-refractivity contribution in [3.05, 3.63) is 23.6 Å². The Hall–Kier alpha value is -0.630. The Morgan fingerprint density at radius 1 is 1.44 bits per heavy atom. The number of hydrogen-bond acceptors (Lipinski definition) is 1. The zero-order valence-corrected chi connectivity index (χ0v) is 12.1. The number of halogens is 1. The Morgan fingerprint density at radius 3 is 2.78 bits per heavy atom. The molecular formula is C16H26FN. The zero-order chi connectivity index (χ0) is 13.3. The van der Waals surface area contributed by atoms with Crippen molar-refractivity contribution >= 4 is 0 Å². The molecule has 0 radical (unpaired) electrons. The van der Waals surface area contributed by atoms with Gasteiger partial charge in [-0.05, 0) is 56.6 Å². The van der Waals surface area contributed by atoms with Gasteiger partial charge >= 0.3 is 0 Å². The first kappa shape index (κ1) is 13.8. The van der Waals surface area contributed by atoms with Crippen molar-refractivity contribution in [3.63, 3.8) is 0 Å². The van der Waals surface area contributed by atoms with Crippen molar-refractivity contribution in [2.45, 2.75) is 65.0 Å². The SMILES string of the molecule is CC1CC=CC(F)=C1[C@@H](C)[C@@H]1CCCC(C)(C)N1. The van der Waals surface area contributed by atoms with Crippen molar-refractivity contribution in [1.29, 1.82) is 0 Å². The summed E-state index contributed by atoms with van der Waals surface area (Å²) < 4.78 is 14.1. The summed E-state index contributed by atoms with van der Waals surface area (Å²) in [6.07, 6.45) is 8.20. The van der Waals surface area contributed by atoms with E-state index in [1.165, 1.54) is 12.8 Å². The van der Waals surface area contributed by atoms with Crippen LogP contribution in [0.25, 0.3) is 0 Å². The molecule has 1 aliphatic carbocycles. The Bertz CT molecular complexity index is 367. The summed E-state index contributed by atoms with van der Waals surface area (Å²) in [5.74, 6) is 0.646. The van der Waals surface area contributed by atoms with E-state index >= 15 is 0 Å². The Kier molecular flexibility index (Phi) is 3.96. The van der Waals surface area contributed by atoms with Crippen LogP contribution < -0.4 is 5.32 Å². The lowest BCUT2D eigenvalue weighted by molar-refractivity contribution is 0.206. The summed E-state index contributed by atoms with van der Waals surface area (Å²) in [5.41, 5.74) is 1.22. The van der Waals surface area contributed by atoms with Gasteiger partial charge in [-0.15, -0.1) is 0 Å². The van der Waals surface area contributed by atoms with Gasteiger partial charge in [-0.2, -0.15) is 0 Å². The maximum absolute atomic E-state index is 14.1. The van der Waals surface area contributed by atoms with Gasteiger partial charge in [0.25, 0.3) is 0 Å². The minimum absolute atomic E-state index is 0.00595. The fourth-order valence-electron chi connectivity index (χ4n) is 3.50. The van der Waals surface area contributed by atoms with Gasteiger partial charge in [0.15, 0.2) is 0 Å². The van der Waals surface area contributed by atoms with Gasteiger partial charge < -0.3 is 5.32 Å². The highest BCUT2D eigenvalue weighted by molar-refractivity contribution is 5.29. The molecule has 2 heteroatoms. The number of allylic oxidation sites excluding steroid dienone is 3. The molecule has 3 atom stereocenters. The number of piperidine rings is 1. The minimum Gasteiger partial charge on any atom is -0.308 e. The predicted molar refractivity (Wildman–Crippen MR) is 75.1 cm³/mol. The van der Waals surface area contributed by atoms with Gasteiger partial charge in [0.05, 0.1) is 0 Å². The molecule has 0 aromatic carbocycles. The number of nitrogens with one attached hydrogen (secondary N) is 1. The van der Waals surface area contributed by atoms with Crippen LogP contribution in [-0.2, 0) is 0 Å². The summed E-state index contributed by atoms with van der Waals surface area (Å²) in [5, 5.41) is 3.71. The van der Waals surface area contributed by atoms with Gasteiger partial charge in [-0.3, -0.25) is 0 Å². The maximum atomic E-state index is 14.1. The van der Waals surface area contributed by atoms with Crippen LogP contribution in [0.2, 0.25) is 0 Å². The Balaban J connectivity index is 2.15. The van der Waals surface area contributed by atoms with Crippen molar-refractivity contribution in [3.8, 4) is 0 Å². The van der Waals surface area contributed by atoms with Crippen molar-refractivity contribution < 1.29 is 4.39 Å².